The van der Waals surface area contributed by atoms with Gasteiger partial charge in [-0.25, -0.2) is 13.1 Å². The summed E-state index contributed by atoms with van der Waals surface area (Å²) in [5.74, 6) is -0.196. The molecule has 1 aromatic heterocycles. The molecular weight excluding hydrogens is 378 g/mol. The minimum absolute atomic E-state index is 0.0332. The van der Waals surface area contributed by atoms with E-state index in [4.69, 9.17) is 4.52 Å². The lowest BCUT2D eigenvalue weighted by Crippen LogP contribution is -2.35. The Hall–Kier alpha value is -1.93. The molecule has 0 bridgehead atoms. The monoisotopic (exact) mass is 405 g/mol. The minimum atomic E-state index is -3.66. The second-order valence-electron chi connectivity index (χ2n) is 7.85. The molecule has 0 unspecified atom stereocenters. The van der Waals surface area contributed by atoms with Gasteiger partial charge >= 0.3 is 0 Å². The van der Waals surface area contributed by atoms with Gasteiger partial charge in [0, 0.05) is 19.1 Å². The summed E-state index contributed by atoms with van der Waals surface area (Å²) in [7, 11) is -3.66. The summed E-state index contributed by atoms with van der Waals surface area (Å²) in [5.41, 5.74) is 0.618. The van der Waals surface area contributed by atoms with Crippen molar-refractivity contribution in [1.29, 1.82) is 0 Å². The maximum absolute atomic E-state index is 12.9. The molecule has 4 rings (SSSR count). The lowest BCUT2D eigenvalue weighted by atomic mass is 9.97. The fourth-order valence-electron chi connectivity index (χ4n) is 4.17. The Balaban J connectivity index is 1.59. The summed E-state index contributed by atoms with van der Waals surface area (Å²) in [5, 5.41) is 4.38. The number of likely N-dealkylation sites (tertiary alicyclic amines) is 1. The van der Waals surface area contributed by atoms with Gasteiger partial charge in [-0.05, 0) is 43.9 Å². The van der Waals surface area contributed by atoms with Crippen molar-refractivity contribution in [3.63, 3.8) is 0 Å². The van der Waals surface area contributed by atoms with E-state index in [1.165, 1.54) is 18.6 Å². The highest BCUT2D eigenvalue weighted by molar-refractivity contribution is 7.89. The lowest BCUT2D eigenvalue weighted by Gasteiger charge is -2.21. The standard InChI is InChI=1S/C20H27N3O4S/c24-20(23-12-6-7-13-23)19-17-14-16(10-11-18(17)27-21-19)28(25,26)22-15-8-4-2-1-3-5-9-15/h10-11,14-15,22H,1-9,12-13H2. The Morgan fingerprint density at radius 2 is 1.71 bits per heavy atom. The highest BCUT2D eigenvalue weighted by atomic mass is 32.2. The van der Waals surface area contributed by atoms with Crippen LogP contribution < -0.4 is 4.72 Å². The third kappa shape index (κ3) is 4.07. The van der Waals surface area contributed by atoms with Crippen molar-refractivity contribution in [2.75, 3.05) is 13.1 Å². The topological polar surface area (TPSA) is 92.5 Å². The van der Waals surface area contributed by atoms with Gasteiger partial charge in [0.05, 0.1) is 10.3 Å². The number of carbonyl (C=O) groups is 1. The van der Waals surface area contributed by atoms with Crippen LogP contribution in [0.2, 0.25) is 0 Å². The highest BCUT2D eigenvalue weighted by Gasteiger charge is 2.27. The van der Waals surface area contributed by atoms with E-state index < -0.39 is 10.0 Å². The summed E-state index contributed by atoms with van der Waals surface area (Å²) in [6.07, 6.45) is 9.34. The predicted molar refractivity (Wildman–Crippen MR) is 106 cm³/mol. The summed E-state index contributed by atoms with van der Waals surface area (Å²) < 4.78 is 34.0. The molecule has 1 N–H and O–H groups in total. The minimum Gasteiger partial charge on any atom is -0.355 e. The van der Waals surface area contributed by atoms with Crippen LogP contribution in [0.5, 0.6) is 0 Å². The number of benzene rings is 1. The smallest absolute Gasteiger partial charge is 0.276 e. The molecule has 0 radical (unpaired) electrons. The van der Waals surface area contributed by atoms with Crippen molar-refractivity contribution in [3.8, 4) is 0 Å². The van der Waals surface area contributed by atoms with Crippen LogP contribution in [0.25, 0.3) is 11.0 Å². The second-order valence-corrected chi connectivity index (χ2v) is 9.57. The number of aromatic nitrogens is 1. The molecule has 1 aliphatic heterocycles. The average Bonchev–Trinajstić information content (AvgIpc) is 3.32. The number of nitrogens with one attached hydrogen (secondary N) is 1. The van der Waals surface area contributed by atoms with E-state index in [-0.39, 0.29) is 22.5 Å². The zero-order valence-corrected chi connectivity index (χ0v) is 16.8. The maximum atomic E-state index is 12.9. The van der Waals surface area contributed by atoms with E-state index in [0.717, 1.165) is 51.4 Å². The molecule has 2 aliphatic rings. The van der Waals surface area contributed by atoms with Gasteiger partial charge in [-0.15, -0.1) is 0 Å². The SMILES string of the molecule is O=C(c1noc2ccc(S(=O)(=O)NC3CCCCCCC3)cc12)N1CCCC1. The van der Waals surface area contributed by atoms with Crippen molar-refractivity contribution in [2.45, 2.75) is 68.7 Å². The Morgan fingerprint density at radius 3 is 2.43 bits per heavy atom. The van der Waals surface area contributed by atoms with Crippen LogP contribution in [0, 0.1) is 0 Å². The van der Waals surface area contributed by atoms with Gasteiger partial charge in [0.15, 0.2) is 11.3 Å². The number of fused-ring (bicyclic) bond motifs is 1. The lowest BCUT2D eigenvalue weighted by molar-refractivity contribution is 0.0784. The molecule has 28 heavy (non-hydrogen) atoms. The molecule has 0 spiro atoms. The van der Waals surface area contributed by atoms with E-state index in [0.29, 0.717) is 24.1 Å². The zero-order valence-electron chi connectivity index (χ0n) is 16.0. The molecule has 152 valence electrons. The van der Waals surface area contributed by atoms with Crippen LogP contribution >= 0.6 is 0 Å². The fraction of sp³-hybridized carbons (Fsp3) is 0.600. The van der Waals surface area contributed by atoms with Crippen LogP contribution in [-0.2, 0) is 10.0 Å². The maximum Gasteiger partial charge on any atom is 0.276 e. The number of rotatable bonds is 4. The van der Waals surface area contributed by atoms with Crippen LogP contribution in [0.15, 0.2) is 27.6 Å². The van der Waals surface area contributed by atoms with E-state index in [1.807, 2.05) is 0 Å². The number of hydrogen-bond donors (Lipinski definition) is 1. The average molecular weight is 406 g/mol. The molecule has 2 fully saturated rings. The summed E-state index contributed by atoms with van der Waals surface area (Å²) in [6, 6.07) is 4.58. The molecule has 8 heteroatoms. The van der Waals surface area contributed by atoms with Crippen molar-refractivity contribution in [1.82, 2.24) is 14.8 Å². The molecule has 1 saturated heterocycles. The van der Waals surface area contributed by atoms with E-state index >= 15 is 0 Å². The number of carbonyl (C=O) groups excluding carboxylic acids is 1. The largest absolute Gasteiger partial charge is 0.355 e. The number of sulfonamides is 1. The van der Waals surface area contributed by atoms with Crippen molar-refractivity contribution < 1.29 is 17.7 Å². The highest BCUT2D eigenvalue weighted by Crippen LogP contribution is 2.26. The molecule has 7 nitrogen and oxygen atoms in total. The van der Waals surface area contributed by atoms with Crippen LogP contribution in [-0.4, -0.2) is 43.5 Å². The van der Waals surface area contributed by atoms with Gasteiger partial charge in [0.25, 0.3) is 5.91 Å². The second kappa shape index (κ2) is 8.21. The predicted octanol–water partition coefficient (Wildman–Crippen LogP) is 3.46. The molecule has 1 aliphatic carbocycles. The van der Waals surface area contributed by atoms with E-state index in [9.17, 15) is 13.2 Å². The van der Waals surface area contributed by atoms with E-state index in [2.05, 4.69) is 9.88 Å². The third-order valence-electron chi connectivity index (χ3n) is 5.77. The first-order chi connectivity index (χ1) is 13.5. The van der Waals surface area contributed by atoms with Crippen molar-refractivity contribution in [2.24, 2.45) is 0 Å². The van der Waals surface area contributed by atoms with Gasteiger partial charge in [-0.3, -0.25) is 4.79 Å². The molecule has 2 aromatic rings. The molecule has 1 amide bonds. The first-order valence-electron chi connectivity index (χ1n) is 10.3. The summed E-state index contributed by atoms with van der Waals surface area (Å²) in [6.45, 7) is 1.41. The first kappa shape index (κ1) is 19.4. The van der Waals surface area contributed by atoms with Gasteiger partial charge in [0.2, 0.25) is 10.0 Å². The quantitative estimate of drug-likeness (QED) is 0.841. The Labute approximate surface area is 165 Å². The molecule has 1 aromatic carbocycles. The van der Waals surface area contributed by atoms with Gasteiger partial charge < -0.3 is 9.42 Å². The fourth-order valence-corrected chi connectivity index (χ4v) is 5.50. The van der Waals surface area contributed by atoms with Crippen LogP contribution in [0.1, 0.15) is 68.3 Å². The Bertz CT molecular complexity index is 940. The zero-order chi connectivity index (χ0) is 19.6. The molecular formula is C20H27N3O4S. The third-order valence-corrected chi connectivity index (χ3v) is 7.29. The Kier molecular flexibility index (Phi) is 5.68. The normalized spacial score (nSPS) is 19.6. The van der Waals surface area contributed by atoms with Crippen molar-refractivity contribution in [3.05, 3.63) is 23.9 Å². The number of nitrogens with zero attached hydrogens (tertiary/aromatic N) is 2. The molecule has 1 saturated carbocycles. The summed E-state index contributed by atoms with van der Waals surface area (Å²) in [4.78, 5) is 14.6. The number of hydrogen-bond acceptors (Lipinski definition) is 5. The Morgan fingerprint density at radius 1 is 1.04 bits per heavy atom. The van der Waals surface area contributed by atoms with Gasteiger partial charge in [0.1, 0.15) is 0 Å². The molecule has 2 heterocycles. The van der Waals surface area contributed by atoms with E-state index in [1.54, 1.807) is 11.0 Å². The number of amides is 1. The first-order valence-corrected chi connectivity index (χ1v) is 11.7. The van der Waals surface area contributed by atoms with Crippen molar-refractivity contribution >= 4 is 26.9 Å². The van der Waals surface area contributed by atoms with Crippen LogP contribution in [0.3, 0.4) is 0 Å². The summed E-state index contributed by atoms with van der Waals surface area (Å²) >= 11 is 0. The van der Waals surface area contributed by atoms with Gasteiger partial charge in [-0.2, -0.15) is 0 Å². The van der Waals surface area contributed by atoms with Gasteiger partial charge in [-0.1, -0.05) is 37.3 Å². The van der Waals surface area contributed by atoms with Crippen LogP contribution in [0.4, 0.5) is 0 Å². The molecule has 0 atom stereocenters.